The van der Waals surface area contributed by atoms with Crippen LogP contribution in [0.4, 0.5) is 5.69 Å². The van der Waals surface area contributed by atoms with Gasteiger partial charge in [-0.05, 0) is 66.9 Å². The molecule has 0 unspecified atom stereocenters. The van der Waals surface area contributed by atoms with E-state index in [0.717, 1.165) is 61.5 Å². The molecule has 4 amide bonds. The van der Waals surface area contributed by atoms with Crippen molar-refractivity contribution in [3.05, 3.63) is 108 Å². The van der Waals surface area contributed by atoms with Gasteiger partial charge in [-0.15, -0.1) is 0 Å². The van der Waals surface area contributed by atoms with Gasteiger partial charge in [-0.3, -0.25) is 20.2 Å². The van der Waals surface area contributed by atoms with E-state index in [9.17, 15) is 19.2 Å². The van der Waals surface area contributed by atoms with Gasteiger partial charge in [0.05, 0.1) is 34.5 Å². The first-order valence-electron chi connectivity index (χ1n) is 18.0. The fourth-order valence-corrected chi connectivity index (χ4v) is 5.34. The molecule has 0 aliphatic heterocycles. The molecule has 57 heavy (non-hydrogen) atoms. The van der Waals surface area contributed by atoms with E-state index in [-0.39, 0.29) is 45.5 Å². The Morgan fingerprint density at radius 2 is 1.44 bits per heavy atom. The largest absolute Gasteiger partial charge is 0.666 e. The number of nitrogens with zero attached hydrogens (tertiary/aromatic N) is 3. The Kier molecular flexibility index (Phi) is 17.7. The third-order valence-corrected chi connectivity index (χ3v) is 7.93. The number of amides is 4. The summed E-state index contributed by atoms with van der Waals surface area (Å²) in [6, 6.07) is 28.1. The normalized spacial score (nSPS) is 10.5. The number of nitrogens with two attached hydrogens (primary N) is 2. The minimum Gasteiger partial charge on any atom is -0.666 e. The second kappa shape index (κ2) is 22.3. The predicted molar refractivity (Wildman–Crippen MR) is 222 cm³/mol. The van der Waals surface area contributed by atoms with Gasteiger partial charge in [0.15, 0.2) is 0 Å². The van der Waals surface area contributed by atoms with Crippen molar-refractivity contribution in [3.8, 4) is 33.9 Å². The summed E-state index contributed by atoms with van der Waals surface area (Å²) in [5.74, 6) is 5.91. The molecule has 17 heteroatoms. The molecule has 4 aromatic carbocycles. The number of nitrogens with one attached hydrogen (secondary N) is 6. The van der Waals surface area contributed by atoms with E-state index in [1.165, 1.54) is 19.2 Å². The molecule has 0 saturated carbocycles. The number of anilines is 1. The molecule has 0 saturated heterocycles. The van der Waals surface area contributed by atoms with Crippen LogP contribution in [-0.2, 0) is 40.2 Å². The van der Waals surface area contributed by atoms with Crippen LogP contribution < -0.4 is 27.5 Å². The Labute approximate surface area is 346 Å². The van der Waals surface area contributed by atoms with Crippen molar-refractivity contribution in [2.45, 2.75) is 40.4 Å². The number of rotatable bonds is 14. The summed E-state index contributed by atoms with van der Waals surface area (Å²) < 4.78 is 0. The Bertz CT molecular complexity index is 2330. The summed E-state index contributed by atoms with van der Waals surface area (Å²) in [4.78, 5) is 61.1. The summed E-state index contributed by atoms with van der Waals surface area (Å²) in [5, 5.41) is 7.57. The van der Waals surface area contributed by atoms with E-state index in [1.54, 1.807) is 6.07 Å². The third kappa shape index (κ3) is 13.2. The number of H-pyrrole nitrogens is 2. The van der Waals surface area contributed by atoms with Gasteiger partial charge in [-0.25, -0.2) is 9.97 Å². The Morgan fingerprint density at radius 1 is 0.860 bits per heavy atom. The molecule has 0 fully saturated rings. The number of hydrogen-bond acceptors (Lipinski definition) is 9. The van der Waals surface area contributed by atoms with Crippen LogP contribution in [0.3, 0.4) is 0 Å². The van der Waals surface area contributed by atoms with Crippen molar-refractivity contribution in [3.63, 3.8) is 0 Å². The zero-order valence-electron chi connectivity index (χ0n) is 32.2. The fourth-order valence-electron chi connectivity index (χ4n) is 5.34. The average molecular weight is 940 g/mol. The maximum absolute atomic E-state index is 12.6. The monoisotopic (exact) mass is 939 g/mol. The molecule has 6 aromatic rings. The second-order valence-electron chi connectivity index (χ2n) is 12.2. The third-order valence-electron chi connectivity index (χ3n) is 7.93. The predicted octanol–water partition coefficient (Wildman–Crippen LogP) is 5.56. The molecule has 295 valence electrons. The van der Waals surface area contributed by atoms with E-state index in [4.69, 9.17) is 27.3 Å². The van der Waals surface area contributed by atoms with E-state index in [2.05, 4.69) is 70.0 Å². The Balaban J connectivity index is 0.000000787. The van der Waals surface area contributed by atoms with Gasteiger partial charge in [0.25, 0.3) is 13.3 Å². The number of carbonyl (C=O) groups excluding carboxylic acids is 4. The van der Waals surface area contributed by atoms with Crippen molar-refractivity contribution in [2.75, 3.05) is 18.4 Å². The average Bonchev–Trinajstić information content (AvgIpc) is 3.84. The molecule has 15 nitrogen and oxygen atoms in total. The molecule has 0 aliphatic carbocycles. The molecule has 0 aliphatic rings. The molecule has 6 rings (SSSR count). The maximum atomic E-state index is 12.6. The quantitative estimate of drug-likeness (QED) is 0.0238. The number of benzene rings is 4. The number of aromatic nitrogens is 4. The van der Waals surface area contributed by atoms with Gasteiger partial charge in [-0.1, -0.05) is 68.8 Å². The number of fused-ring (bicyclic) bond motifs is 2. The minimum absolute atomic E-state index is 0. The summed E-state index contributed by atoms with van der Waals surface area (Å²) in [7, 11) is 1.43. The molecular formula is C40H46BN11O4W-. The van der Waals surface area contributed by atoms with Crippen LogP contribution >= 0.6 is 0 Å². The number of hydrogen-bond donors (Lipinski definition) is 7. The number of carbonyl (C=O) groups is 4. The molecular weight excluding hydrogens is 893 g/mol. The molecule has 2 heterocycles. The van der Waals surface area contributed by atoms with Crippen molar-refractivity contribution < 1.29 is 40.2 Å². The van der Waals surface area contributed by atoms with Crippen LogP contribution in [0.2, 0.25) is 6.32 Å². The molecule has 0 spiro atoms. The summed E-state index contributed by atoms with van der Waals surface area (Å²) in [6.07, 6.45) is 2.42. The van der Waals surface area contributed by atoms with Crippen LogP contribution in [0.25, 0.3) is 61.7 Å². The van der Waals surface area contributed by atoms with Gasteiger partial charge in [0, 0.05) is 56.9 Å². The second-order valence-corrected chi connectivity index (χ2v) is 12.2. The number of aromatic amines is 2. The summed E-state index contributed by atoms with van der Waals surface area (Å²) in [6.45, 7) is 8.33. The molecule has 0 atom stereocenters. The van der Waals surface area contributed by atoms with Gasteiger partial charge >= 0.3 is 0 Å². The van der Waals surface area contributed by atoms with Crippen LogP contribution in [-0.4, -0.2) is 69.5 Å². The van der Waals surface area contributed by atoms with Crippen LogP contribution in [0, 0.1) is 6.92 Å². The van der Waals surface area contributed by atoms with Gasteiger partial charge in [0.2, 0.25) is 12.3 Å². The van der Waals surface area contributed by atoms with Crippen molar-refractivity contribution in [2.24, 2.45) is 11.6 Å². The zero-order valence-corrected chi connectivity index (χ0v) is 35.1. The first-order chi connectivity index (χ1) is 27.0. The SMILES string of the molecule is CC.CCCNC(=O)/C(N)=C/N(N)[B]CC(=O)Nc1cccc(-c2nc3ccc(-c4ccc5nc(-c6cccc(C)c6)[nH]c5c4)cc3[nH]2)c1.[NH-]C(=O)CNC=O.[W]. The van der Waals surface area contributed by atoms with E-state index < -0.39 is 11.8 Å². The zero-order chi connectivity index (χ0) is 40.6. The molecule has 10 N–H and O–H groups in total. The Hall–Kier alpha value is -6.25. The van der Waals surface area contributed by atoms with Crippen LogP contribution in [0.5, 0.6) is 0 Å². The smallest absolute Gasteiger partial charge is 0.278 e. The number of aryl methyl sites for hydroxylation is 1. The van der Waals surface area contributed by atoms with Gasteiger partial charge < -0.3 is 47.1 Å². The van der Waals surface area contributed by atoms with Crippen molar-refractivity contribution >= 4 is 59.3 Å². The number of imidazole rings is 2. The van der Waals surface area contributed by atoms with E-state index >= 15 is 0 Å². The maximum Gasteiger partial charge on any atom is 0.278 e. The number of hydrazine groups is 1. The van der Waals surface area contributed by atoms with Crippen molar-refractivity contribution in [1.29, 1.82) is 0 Å². The topological polar surface area (TPSA) is 241 Å². The van der Waals surface area contributed by atoms with Crippen molar-refractivity contribution in [1.82, 2.24) is 35.5 Å². The van der Waals surface area contributed by atoms with E-state index in [0.29, 0.717) is 24.5 Å². The van der Waals surface area contributed by atoms with Gasteiger partial charge in [0.1, 0.15) is 17.3 Å². The first kappa shape index (κ1) is 45.1. The fraction of sp³-hybridized carbons (Fsp3) is 0.200. The molecule has 1 radical (unpaired) electrons. The summed E-state index contributed by atoms with van der Waals surface area (Å²) in [5.41, 5.74) is 21.3. The van der Waals surface area contributed by atoms with Crippen LogP contribution in [0.1, 0.15) is 32.8 Å². The van der Waals surface area contributed by atoms with Gasteiger partial charge in [-0.2, -0.15) is 0 Å². The summed E-state index contributed by atoms with van der Waals surface area (Å²) >= 11 is 0. The van der Waals surface area contributed by atoms with E-state index in [1.807, 2.05) is 62.5 Å². The minimum atomic E-state index is -0.785. The molecule has 0 bridgehead atoms. The first-order valence-corrected chi connectivity index (χ1v) is 18.0. The Morgan fingerprint density at radius 3 is 1.96 bits per heavy atom. The molecule has 2 aromatic heterocycles. The standard InChI is InChI=1S/C35H35BN9O2.C3H6N2O2.C2H6.W/c1-3-14-39-35(47)27(37)20-45(38)36-19-32(46)40-26-9-5-8-25(16-26)34-42-29-13-11-23(18-31(29)44-34)22-10-12-28-30(17-22)43-33(41-28)24-7-4-6-21(2)15-24;4-3(7)1-5-2-6;1-2;/h4-13,15-18,20H,3,14,19,37-38H2,1-2H3,(H,39,47)(H,40,46)(H,41,43)(H,42,44);2H,1H2,(H3,4,5,6,7);1-2H3;/p-1/b27-20-;;;. The van der Waals surface area contributed by atoms with Crippen LogP contribution in [0.15, 0.2) is 96.8 Å².